The predicted octanol–water partition coefficient (Wildman–Crippen LogP) is 4.62. The van der Waals surface area contributed by atoms with Gasteiger partial charge in [0.15, 0.2) is 0 Å². The molecule has 0 aliphatic carbocycles. The summed E-state index contributed by atoms with van der Waals surface area (Å²) < 4.78 is 0. The van der Waals surface area contributed by atoms with Crippen molar-refractivity contribution in [3.8, 4) is 0 Å². The lowest BCUT2D eigenvalue weighted by atomic mass is 9.86. The van der Waals surface area contributed by atoms with Crippen LogP contribution in [0.5, 0.6) is 0 Å². The van der Waals surface area contributed by atoms with Gasteiger partial charge in [-0.3, -0.25) is 0 Å². The van der Waals surface area contributed by atoms with Crippen LogP contribution in [-0.2, 0) is 0 Å². The summed E-state index contributed by atoms with van der Waals surface area (Å²) in [5.74, 6) is 1.50. The lowest BCUT2D eigenvalue weighted by Crippen LogP contribution is -2.05. The highest BCUT2D eigenvalue weighted by atomic mass is 14.2. The van der Waals surface area contributed by atoms with E-state index in [1.54, 1.807) is 0 Å². The minimum Gasteiger partial charge on any atom is -0.0654 e. The van der Waals surface area contributed by atoms with Gasteiger partial charge in [-0.05, 0) is 17.4 Å². The average molecular weight is 190 g/mol. The van der Waals surface area contributed by atoms with E-state index in [4.69, 9.17) is 0 Å². The molecule has 0 heterocycles. The summed E-state index contributed by atoms with van der Waals surface area (Å²) in [6.45, 7) is 6.98. The van der Waals surface area contributed by atoms with E-state index < -0.39 is 0 Å². The molecule has 0 amide bonds. The summed E-state index contributed by atoms with van der Waals surface area (Å²) >= 11 is 0. The largest absolute Gasteiger partial charge is 0.0654 e. The summed E-state index contributed by atoms with van der Waals surface area (Å²) in [5.41, 5.74) is 1.48. The highest BCUT2D eigenvalue weighted by molar-refractivity contribution is 5.19. The number of rotatable bonds is 5. The lowest BCUT2D eigenvalue weighted by molar-refractivity contribution is 0.436. The minimum absolute atomic E-state index is 0.697. The molecule has 0 aliphatic heterocycles. The molecule has 1 aromatic carbocycles. The fourth-order valence-corrected chi connectivity index (χ4v) is 1.86. The Morgan fingerprint density at radius 2 is 1.71 bits per heavy atom. The maximum absolute atomic E-state index is 2.37. The topological polar surface area (TPSA) is 0 Å². The molecule has 0 nitrogen and oxygen atoms in total. The second kappa shape index (κ2) is 5.85. The smallest absolute Gasteiger partial charge is 0.0165 e. The molecule has 0 heteroatoms. The van der Waals surface area contributed by atoms with E-state index in [9.17, 15) is 0 Å². The van der Waals surface area contributed by atoms with E-state index in [1.807, 2.05) is 0 Å². The zero-order chi connectivity index (χ0) is 10.4. The first-order valence-corrected chi connectivity index (χ1v) is 5.80. The van der Waals surface area contributed by atoms with Crippen LogP contribution in [0.15, 0.2) is 30.3 Å². The van der Waals surface area contributed by atoms with Crippen LogP contribution < -0.4 is 0 Å². The first kappa shape index (κ1) is 11.3. The van der Waals surface area contributed by atoms with Crippen LogP contribution in [0.25, 0.3) is 0 Å². The van der Waals surface area contributed by atoms with Crippen LogP contribution in [0, 0.1) is 5.92 Å². The van der Waals surface area contributed by atoms with E-state index in [-0.39, 0.29) is 0 Å². The Bertz CT molecular complexity index is 237. The van der Waals surface area contributed by atoms with Crippen LogP contribution in [-0.4, -0.2) is 0 Å². The number of benzene rings is 1. The Balaban J connectivity index is 2.52. The Kier molecular flexibility index (Phi) is 4.72. The van der Waals surface area contributed by atoms with Gasteiger partial charge in [-0.25, -0.2) is 0 Å². The Morgan fingerprint density at radius 1 is 1.07 bits per heavy atom. The minimum atomic E-state index is 0.697. The van der Waals surface area contributed by atoms with Gasteiger partial charge in [0.1, 0.15) is 0 Å². The molecule has 78 valence electrons. The van der Waals surface area contributed by atoms with Gasteiger partial charge in [-0.2, -0.15) is 0 Å². The van der Waals surface area contributed by atoms with Gasteiger partial charge in [0.25, 0.3) is 0 Å². The normalized spacial score (nSPS) is 15.1. The summed E-state index contributed by atoms with van der Waals surface area (Å²) in [6.07, 6.45) is 4.02. The SMILES string of the molecule is CCCCC(C)C(C)c1ccccc1. The predicted molar refractivity (Wildman–Crippen MR) is 63.5 cm³/mol. The molecular formula is C14H22. The fourth-order valence-electron chi connectivity index (χ4n) is 1.86. The quantitative estimate of drug-likeness (QED) is 0.635. The Labute approximate surface area is 88.4 Å². The van der Waals surface area contributed by atoms with Crippen molar-refractivity contribution in [3.05, 3.63) is 35.9 Å². The highest BCUT2D eigenvalue weighted by Gasteiger charge is 2.12. The van der Waals surface area contributed by atoms with Gasteiger partial charge in [0, 0.05) is 0 Å². The van der Waals surface area contributed by atoms with E-state index in [1.165, 1.54) is 24.8 Å². The summed E-state index contributed by atoms with van der Waals surface area (Å²) in [5, 5.41) is 0. The molecule has 0 spiro atoms. The van der Waals surface area contributed by atoms with E-state index in [2.05, 4.69) is 51.1 Å². The van der Waals surface area contributed by atoms with Crippen molar-refractivity contribution in [3.63, 3.8) is 0 Å². The van der Waals surface area contributed by atoms with Crippen LogP contribution in [0.3, 0.4) is 0 Å². The van der Waals surface area contributed by atoms with Crippen molar-refractivity contribution in [2.45, 2.75) is 46.0 Å². The number of unbranched alkanes of at least 4 members (excludes halogenated alkanes) is 1. The van der Waals surface area contributed by atoms with Crippen molar-refractivity contribution in [1.82, 2.24) is 0 Å². The molecule has 1 rings (SSSR count). The summed E-state index contributed by atoms with van der Waals surface area (Å²) in [6, 6.07) is 10.9. The zero-order valence-corrected chi connectivity index (χ0v) is 9.66. The molecule has 2 unspecified atom stereocenters. The number of hydrogen-bond acceptors (Lipinski definition) is 0. The van der Waals surface area contributed by atoms with Crippen LogP contribution in [0.1, 0.15) is 51.5 Å². The van der Waals surface area contributed by atoms with Crippen molar-refractivity contribution >= 4 is 0 Å². The van der Waals surface area contributed by atoms with E-state index in [0.717, 1.165) is 5.92 Å². The van der Waals surface area contributed by atoms with Crippen molar-refractivity contribution < 1.29 is 0 Å². The first-order valence-electron chi connectivity index (χ1n) is 5.80. The van der Waals surface area contributed by atoms with E-state index in [0.29, 0.717) is 5.92 Å². The highest BCUT2D eigenvalue weighted by Crippen LogP contribution is 2.27. The van der Waals surface area contributed by atoms with Crippen LogP contribution in [0.4, 0.5) is 0 Å². The van der Waals surface area contributed by atoms with Crippen molar-refractivity contribution in [2.24, 2.45) is 5.92 Å². The summed E-state index contributed by atoms with van der Waals surface area (Å²) in [7, 11) is 0. The van der Waals surface area contributed by atoms with Crippen LogP contribution >= 0.6 is 0 Å². The lowest BCUT2D eigenvalue weighted by Gasteiger charge is -2.19. The first-order chi connectivity index (χ1) is 6.75. The molecule has 0 fully saturated rings. The molecule has 1 aromatic rings. The Hall–Kier alpha value is -0.780. The van der Waals surface area contributed by atoms with Crippen LogP contribution in [0.2, 0.25) is 0 Å². The maximum atomic E-state index is 2.37. The molecule has 0 saturated carbocycles. The fraction of sp³-hybridized carbons (Fsp3) is 0.571. The molecule has 0 aliphatic rings. The Morgan fingerprint density at radius 3 is 2.29 bits per heavy atom. The molecule has 0 bridgehead atoms. The number of hydrogen-bond donors (Lipinski definition) is 0. The molecule has 0 radical (unpaired) electrons. The third-order valence-electron chi connectivity index (χ3n) is 3.19. The second-order valence-electron chi connectivity index (χ2n) is 4.32. The monoisotopic (exact) mass is 190 g/mol. The molecule has 0 aromatic heterocycles. The molecule has 0 N–H and O–H groups in total. The van der Waals surface area contributed by atoms with Crippen molar-refractivity contribution in [1.29, 1.82) is 0 Å². The van der Waals surface area contributed by atoms with Gasteiger partial charge in [-0.1, -0.05) is 70.4 Å². The standard InChI is InChI=1S/C14H22/c1-4-5-9-12(2)13(3)14-10-7-6-8-11-14/h6-8,10-13H,4-5,9H2,1-3H3. The molecular weight excluding hydrogens is 168 g/mol. The zero-order valence-electron chi connectivity index (χ0n) is 9.66. The summed E-state index contributed by atoms with van der Waals surface area (Å²) in [4.78, 5) is 0. The van der Waals surface area contributed by atoms with Gasteiger partial charge in [0.2, 0.25) is 0 Å². The van der Waals surface area contributed by atoms with E-state index >= 15 is 0 Å². The van der Waals surface area contributed by atoms with Gasteiger partial charge < -0.3 is 0 Å². The molecule has 14 heavy (non-hydrogen) atoms. The molecule has 0 saturated heterocycles. The van der Waals surface area contributed by atoms with Crippen molar-refractivity contribution in [2.75, 3.05) is 0 Å². The van der Waals surface area contributed by atoms with Gasteiger partial charge >= 0.3 is 0 Å². The van der Waals surface area contributed by atoms with Gasteiger partial charge in [-0.15, -0.1) is 0 Å². The third-order valence-corrected chi connectivity index (χ3v) is 3.19. The van der Waals surface area contributed by atoms with Gasteiger partial charge in [0.05, 0.1) is 0 Å². The average Bonchev–Trinajstić information content (AvgIpc) is 2.26. The maximum Gasteiger partial charge on any atom is -0.0165 e. The third kappa shape index (κ3) is 3.17. The molecule has 2 atom stereocenters. The second-order valence-corrected chi connectivity index (χ2v) is 4.32.